The van der Waals surface area contributed by atoms with Crippen LogP contribution in [0.4, 0.5) is 0 Å². The van der Waals surface area contributed by atoms with E-state index in [-0.39, 0.29) is 12.0 Å². The van der Waals surface area contributed by atoms with E-state index in [1.807, 2.05) is 4.90 Å². The van der Waals surface area contributed by atoms with E-state index >= 15 is 0 Å². The molecule has 0 saturated carbocycles. The molecule has 2 fully saturated rings. The number of aromatic nitrogens is 2. The van der Waals surface area contributed by atoms with E-state index in [2.05, 4.69) is 15.1 Å². The van der Waals surface area contributed by atoms with Gasteiger partial charge in [-0.15, -0.1) is 0 Å². The Morgan fingerprint density at radius 2 is 1.96 bits per heavy atom. The third-order valence-electron chi connectivity index (χ3n) is 5.90. The largest absolute Gasteiger partial charge is 0.375 e. The first-order valence-electron chi connectivity index (χ1n) is 10.0. The summed E-state index contributed by atoms with van der Waals surface area (Å²) in [5.41, 5.74) is 2.98. The van der Waals surface area contributed by atoms with Crippen LogP contribution in [0.5, 0.6) is 0 Å². The highest BCUT2D eigenvalue weighted by Crippen LogP contribution is 2.24. The van der Waals surface area contributed by atoms with Gasteiger partial charge < -0.3 is 14.5 Å². The van der Waals surface area contributed by atoms with Crippen molar-refractivity contribution in [1.82, 2.24) is 20.0 Å². The number of likely N-dealkylation sites (tertiary alicyclic amines) is 2. The normalized spacial score (nSPS) is 24.5. The van der Waals surface area contributed by atoms with E-state index in [1.54, 1.807) is 0 Å². The summed E-state index contributed by atoms with van der Waals surface area (Å²) < 4.78 is 6.05. The maximum absolute atomic E-state index is 12.8. The van der Waals surface area contributed by atoms with Gasteiger partial charge in [0.25, 0.3) is 5.91 Å². The van der Waals surface area contributed by atoms with Crippen molar-refractivity contribution in [1.29, 1.82) is 0 Å². The van der Waals surface area contributed by atoms with Gasteiger partial charge in [-0.25, -0.2) is 0 Å². The number of fused-ring (bicyclic) bond motifs is 1. The van der Waals surface area contributed by atoms with Crippen LogP contribution in [-0.2, 0) is 17.6 Å². The number of H-pyrrole nitrogens is 1. The summed E-state index contributed by atoms with van der Waals surface area (Å²) in [6, 6.07) is 0. The molecule has 138 valence electrons. The summed E-state index contributed by atoms with van der Waals surface area (Å²) in [5, 5.41) is 7.41. The molecule has 0 radical (unpaired) electrons. The second-order valence-electron chi connectivity index (χ2n) is 7.67. The molecule has 1 amide bonds. The van der Waals surface area contributed by atoms with Crippen LogP contribution in [0.2, 0.25) is 0 Å². The van der Waals surface area contributed by atoms with Crippen molar-refractivity contribution in [3.05, 3.63) is 17.0 Å². The van der Waals surface area contributed by atoms with Crippen LogP contribution in [0.1, 0.15) is 60.3 Å². The number of hydrogen-bond donors (Lipinski definition) is 1. The van der Waals surface area contributed by atoms with Crippen molar-refractivity contribution in [2.75, 3.05) is 39.3 Å². The number of amides is 1. The Bertz CT molecular complexity index is 594. The first kappa shape index (κ1) is 17.0. The molecule has 1 atom stereocenters. The SMILES string of the molecule is O=C(c1n[nH]c2c1CCCC2)N1CC[C@H](OCCN2CCCCC2)C1. The van der Waals surface area contributed by atoms with Crippen LogP contribution < -0.4 is 0 Å². The molecule has 4 rings (SSSR count). The quantitative estimate of drug-likeness (QED) is 0.886. The number of carbonyl (C=O) groups is 1. The fraction of sp³-hybridized carbons (Fsp3) is 0.789. The summed E-state index contributed by atoms with van der Waals surface area (Å²) in [6.07, 6.45) is 9.50. The van der Waals surface area contributed by atoms with Crippen molar-refractivity contribution in [3.8, 4) is 0 Å². The lowest BCUT2D eigenvalue weighted by atomic mass is 9.95. The lowest BCUT2D eigenvalue weighted by Crippen LogP contribution is -2.34. The molecule has 1 N–H and O–H groups in total. The fourth-order valence-corrected chi connectivity index (χ4v) is 4.39. The van der Waals surface area contributed by atoms with Crippen molar-refractivity contribution in [2.45, 2.75) is 57.5 Å². The van der Waals surface area contributed by atoms with Gasteiger partial charge >= 0.3 is 0 Å². The summed E-state index contributed by atoms with van der Waals surface area (Å²) in [4.78, 5) is 17.3. The van der Waals surface area contributed by atoms with Crippen molar-refractivity contribution in [2.24, 2.45) is 0 Å². The summed E-state index contributed by atoms with van der Waals surface area (Å²) in [6.45, 7) is 5.73. The van der Waals surface area contributed by atoms with Gasteiger partial charge in [0.05, 0.1) is 12.7 Å². The predicted octanol–water partition coefficient (Wildman–Crippen LogP) is 2.01. The second-order valence-corrected chi connectivity index (χ2v) is 7.67. The molecule has 2 aliphatic heterocycles. The fourth-order valence-electron chi connectivity index (χ4n) is 4.39. The van der Waals surface area contributed by atoms with Crippen molar-refractivity contribution >= 4 is 5.91 Å². The molecule has 0 aromatic carbocycles. The molecule has 0 bridgehead atoms. The van der Waals surface area contributed by atoms with E-state index in [1.165, 1.54) is 44.5 Å². The number of rotatable bonds is 5. The minimum atomic E-state index is 0.0848. The average Bonchev–Trinajstić information content (AvgIpc) is 3.29. The third kappa shape index (κ3) is 3.90. The Morgan fingerprint density at radius 1 is 1.12 bits per heavy atom. The third-order valence-corrected chi connectivity index (χ3v) is 5.90. The number of piperidine rings is 1. The number of nitrogens with one attached hydrogen (secondary N) is 1. The highest BCUT2D eigenvalue weighted by atomic mass is 16.5. The molecule has 6 nitrogen and oxygen atoms in total. The standard InChI is InChI=1S/C19H30N4O2/c24-19(18-16-6-2-3-7-17(16)20-21-18)23-11-8-15(14-23)25-13-12-22-9-4-1-5-10-22/h15H,1-14H2,(H,20,21)/t15-/m0/s1. The number of ether oxygens (including phenoxy) is 1. The van der Waals surface area contributed by atoms with E-state index in [9.17, 15) is 4.79 Å². The zero-order valence-electron chi connectivity index (χ0n) is 15.1. The van der Waals surface area contributed by atoms with Crippen molar-refractivity contribution in [3.63, 3.8) is 0 Å². The first-order valence-corrected chi connectivity index (χ1v) is 10.0. The number of aryl methyl sites for hydroxylation is 1. The summed E-state index contributed by atoms with van der Waals surface area (Å²) >= 11 is 0. The Morgan fingerprint density at radius 3 is 2.84 bits per heavy atom. The molecule has 1 aromatic rings. The van der Waals surface area contributed by atoms with Crippen LogP contribution in [0.25, 0.3) is 0 Å². The van der Waals surface area contributed by atoms with Crippen LogP contribution >= 0.6 is 0 Å². The number of aromatic amines is 1. The molecule has 3 aliphatic rings. The van der Waals surface area contributed by atoms with Gasteiger partial charge in [0, 0.05) is 30.9 Å². The van der Waals surface area contributed by atoms with Crippen molar-refractivity contribution < 1.29 is 9.53 Å². The Kier molecular flexibility index (Phi) is 5.36. The van der Waals surface area contributed by atoms with Crippen LogP contribution in [-0.4, -0.2) is 71.3 Å². The van der Waals surface area contributed by atoms with Crippen LogP contribution in [0.3, 0.4) is 0 Å². The summed E-state index contributed by atoms with van der Waals surface area (Å²) in [7, 11) is 0. The van der Waals surface area contributed by atoms with E-state index < -0.39 is 0 Å². The van der Waals surface area contributed by atoms with Gasteiger partial charge in [-0.05, 0) is 58.0 Å². The van der Waals surface area contributed by atoms with Gasteiger partial charge in [0.15, 0.2) is 5.69 Å². The average molecular weight is 346 g/mol. The van der Waals surface area contributed by atoms with Gasteiger partial charge in [0.1, 0.15) is 0 Å². The lowest BCUT2D eigenvalue weighted by Gasteiger charge is -2.26. The molecule has 0 unspecified atom stereocenters. The molecule has 1 aliphatic carbocycles. The minimum absolute atomic E-state index is 0.0848. The van der Waals surface area contributed by atoms with Gasteiger partial charge in [0.2, 0.25) is 0 Å². The van der Waals surface area contributed by atoms with Crippen LogP contribution in [0, 0.1) is 0 Å². The van der Waals surface area contributed by atoms with E-state index in [4.69, 9.17) is 4.74 Å². The molecule has 3 heterocycles. The molecule has 2 saturated heterocycles. The first-order chi connectivity index (χ1) is 12.3. The topological polar surface area (TPSA) is 61.5 Å². The molecule has 1 aromatic heterocycles. The molecular formula is C19H30N4O2. The van der Waals surface area contributed by atoms with Gasteiger partial charge in [-0.3, -0.25) is 9.89 Å². The Hall–Kier alpha value is -1.40. The van der Waals surface area contributed by atoms with Crippen LogP contribution in [0.15, 0.2) is 0 Å². The maximum atomic E-state index is 12.8. The number of hydrogen-bond acceptors (Lipinski definition) is 4. The van der Waals surface area contributed by atoms with E-state index in [0.717, 1.165) is 50.9 Å². The molecular weight excluding hydrogens is 316 g/mol. The summed E-state index contributed by atoms with van der Waals surface area (Å²) in [5.74, 6) is 0.0848. The predicted molar refractivity (Wildman–Crippen MR) is 95.8 cm³/mol. The lowest BCUT2D eigenvalue weighted by molar-refractivity contribution is 0.0378. The highest BCUT2D eigenvalue weighted by molar-refractivity contribution is 5.94. The monoisotopic (exact) mass is 346 g/mol. The zero-order valence-corrected chi connectivity index (χ0v) is 15.1. The minimum Gasteiger partial charge on any atom is -0.375 e. The Labute approximate surface area is 149 Å². The van der Waals surface area contributed by atoms with Gasteiger partial charge in [-0.2, -0.15) is 5.10 Å². The zero-order chi connectivity index (χ0) is 17.1. The Balaban J connectivity index is 1.26. The highest BCUT2D eigenvalue weighted by Gasteiger charge is 2.31. The maximum Gasteiger partial charge on any atom is 0.274 e. The smallest absolute Gasteiger partial charge is 0.274 e. The van der Waals surface area contributed by atoms with Gasteiger partial charge in [-0.1, -0.05) is 6.42 Å². The second kappa shape index (κ2) is 7.87. The molecule has 0 spiro atoms. The molecule has 25 heavy (non-hydrogen) atoms. The van der Waals surface area contributed by atoms with E-state index in [0.29, 0.717) is 12.2 Å². The molecule has 6 heteroatoms. The number of nitrogens with zero attached hydrogens (tertiary/aromatic N) is 3. The number of carbonyl (C=O) groups excluding carboxylic acids is 1.